The molecular weight excluding hydrogens is 436 g/mol. The van der Waals surface area contributed by atoms with Crippen LogP contribution in [0.4, 0.5) is 0 Å². The van der Waals surface area contributed by atoms with E-state index in [-0.39, 0.29) is 28.2 Å². The summed E-state index contributed by atoms with van der Waals surface area (Å²) in [4.78, 5) is 2.08. The molecule has 0 aromatic heterocycles. The number of allylic oxidation sites excluding steroid dienone is 3. The molecule has 0 amide bonds. The number of unbranched alkanes of at least 4 members (excludes halogenated alkanes) is 2. The Balaban J connectivity index is 2.17. The van der Waals surface area contributed by atoms with Crippen molar-refractivity contribution in [2.24, 2.45) is 5.92 Å². The molecule has 184 valence electrons. The van der Waals surface area contributed by atoms with E-state index >= 15 is 0 Å². The van der Waals surface area contributed by atoms with Crippen molar-refractivity contribution >= 4 is 10.0 Å². The first-order valence-electron chi connectivity index (χ1n) is 12.2. The van der Waals surface area contributed by atoms with Gasteiger partial charge >= 0.3 is 0 Å². The van der Waals surface area contributed by atoms with Crippen LogP contribution < -0.4 is 0 Å². The molecule has 0 radical (unpaired) electrons. The number of aryl methyl sites for hydroxylation is 1. The molecule has 2 unspecified atom stereocenters. The number of sulfonamides is 1. The van der Waals surface area contributed by atoms with Crippen molar-refractivity contribution in [3.8, 4) is 11.5 Å². The minimum absolute atomic E-state index is 0.0203. The number of nitrogens with zero attached hydrogens (tertiary/aromatic N) is 2. The average molecular weight is 477 g/mol. The van der Waals surface area contributed by atoms with Crippen LogP contribution in [-0.4, -0.2) is 61.1 Å². The summed E-state index contributed by atoms with van der Waals surface area (Å²) in [7, 11) is -1.93. The number of benzene rings is 1. The van der Waals surface area contributed by atoms with Crippen LogP contribution in [0.1, 0.15) is 69.9 Å². The number of piperazine rings is 1. The maximum atomic E-state index is 13.8. The number of likely N-dealkylation sites (N-methyl/N-ethyl adjacent to an activating group) is 1. The summed E-state index contributed by atoms with van der Waals surface area (Å²) in [6.07, 6.45) is 7.11. The molecule has 6 nitrogen and oxygen atoms in total. The first kappa shape index (κ1) is 25.8. The fourth-order valence-electron chi connectivity index (χ4n) is 5.14. The van der Waals surface area contributed by atoms with Gasteiger partial charge in [-0.25, -0.2) is 8.42 Å². The van der Waals surface area contributed by atoms with Crippen LogP contribution in [-0.2, 0) is 16.4 Å². The zero-order valence-corrected chi connectivity index (χ0v) is 21.4. The Morgan fingerprint density at radius 1 is 1.18 bits per heavy atom. The number of phenols is 2. The van der Waals surface area contributed by atoms with Gasteiger partial charge in [0.25, 0.3) is 0 Å². The molecule has 1 heterocycles. The van der Waals surface area contributed by atoms with E-state index in [9.17, 15) is 18.6 Å². The van der Waals surface area contributed by atoms with E-state index in [1.165, 1.54) is 9.88 Å². The SMILES string of the molecule is C=C(C)C1CCC(C)=CC1c1c(O)cc(CCCCC)c(S(=O)(=O)N2CCN(C)CC2)c1O. The van der Waals surface area contributed by atoms with Crippen LogP contribution in [0, 0.1) is 5.92 Å². The monoisotopic (exact) mass is 476 g/mol. The highest BCUT2D eigenvalue weighted by molar-refractivity contribution is 7.89. The highest BCUT2D eigenvalue weighted by Gasteiger charge is 2.37. The molecular formula is C26H40N2O4S. The van der Waals surface area contributed by atoms with E-state index in [0.717, 1.165) is 37.7 Å². The molecule has 2 N–H and O–H groups in total. The van der Waals surface area contributed by atoms with Crippen molar-refractivity contribution in [1.29, 1.82) is 0 Å². The summed E-state index contributed by atoms with van der Waals surface area (Å²) < 4.78 is 29.1. The van der Waals surface area contributed by atoms with Crippen LogP contribution in [0.2, 0.25) is 0 Å². The molecule has 2 aliphatic rings. The van der Waals surface area contributed by atoms with Crippen molar-refractivity contribution in [2.45, 2.75) is 70.1 Å². The van der Waals surface area contributed by atoms with Crippen molar-refractivity contribution in [3.05, 3.63) is 41.0 Å². The number of hydrogen-bond acceptors (Lipinski definition) is 5. The Morgan fingerprint density at radius 2 is 1.85 bits per heavy atom. The van der Waals surface area contributed by atoms with E-state index in [1.54, 1.807) is 6.07 Å². The normalized spacial score (nSPS) is 22.8. The van der Waals surface area contributed by atoms with Gasteiger partial charge in [-0.1, -0.05) is 43.6 Å². The molecule has 33 heavy (non-hydrogen) atoms. The lowest BCUT2D eigenvalue weighted by Gasteiger charge is -2.34. The van der Waals surface area contributed by atoms with Gasteiger partial charge < -0.3 is 15.1 Å². The lowest BCUT2D eigenvalue weighted by Crippen LogP contribution is -2.47. The van der Waals surface area contributed by atoms with Gasteiger partial charge in [0.1, 0.15) is 16.4 Å². The Labute approximate surface area is 199 Å². The Hall–Kier alpha value is -1.83. The molecule has 2 atom stereocenters. The Bertz CT molecular complexity index is 1010. The van der Waals surface area contributed by atoms with Crippen LogP contribution in [0.5, 0.6) is 11.5 Å². The average Bonchev–Trinajstić information content (AvgIpc) is 2.73. The van der Waals surface area contributed by atoms with Gasteiger partial charge in [0.2, 0.25) is 10.0 Å². The van der Waals surface area contributed by atoms with Crippen LogP contribution >= 0.6 is 0 Å². The number of hydrogen-bond donors (Lipinski definition) is 2. The van der Waals surface area contributed by atoms with E-state index in [2.05, 4.69) is 24.5 Å². The minimum Gasteiger partial charge on any atom is -0.507 e. The Kier molecular flexibility index (Phi) is 8.30. The lowest BCUT2D eigenvalue weighted by atomic mass is 9.73. The maximum Gasteiger partial charge on any atom is 0.247 e. The van der Waals surface area contributed by atoms with Crippen LogP contribution in [0.15, 0.2) is 34.8 Å². The summed E-state index contributed by atoms with van der Waals surface area (Å²) in [5, 5.41) is 22.6. The van der Waals surface area contributed by atoms with Crippen molar-refractivity contribution < 1.29 is 18.6 Å². The van der Waals surface area contributed by atoms with E-state index in [4.69, 9.17) is 0 Å². The van der Waals surface area contributed by atoms with E-state index < -0.39 is 10.0 Å². The van der Waals surface area contributed by atoms with Crippen molar-refractivity contribution in [2.75, 3.05) is 33.2 Å². The molecule has 0 spiro atoms. The molecule has 1 aliphatic carbocycles. The molecule has 0 bridgehead atoms. The molecule has 7 heteroatoms. The molecule has 1 saturated heterocycles. The Morgan fingerprint density at radius 3 is 2.45 bits per heavy atom. The molecule has 1 aliphatic heterocycles. The highest BCUT2D eigenvalue weighted by atomic mass is 32.2. The topological polar surface area (TPSA) is 81.1 Å². The lowest BCUT2D eigenvalue weighted by molar-refractivity contribution is 0.222. The summed E-state index contributed by atoms with van der Waals surface area (Å²) in [6.45, 7) is 12.3. The molecule has 3 rings (SSSR count). The third-order valence-electron chi connectivity index (χ3n) is 7.17. The van der Waals surface area contributed by atoms with Crippen LogP contribution in [0.3, 0.4) is 0 Å². The van der Waals surface area contributed by atoms with E-state index in [1.807, 2.05) is 20.9 Å². The third-order valence-corrected chi connectivity index (χ3v) is 9.19. The molecule has 1 aromatic rings. The zero-order chi connectivity index (χ0) is 24.3. The second kappa shape index (κ2) is 10.6. The summed E-state index contributed by atoms with van der Waals surface area (Å²) in [5.74, 6) is -0.584. The smallest absolute Gasteiger partial charge is 0.247 e. The fourth-order valence-corrected chi connectivity index (χ4v) is 6.88. The first-order valence-corrected chi connectivity index (χ1v) is 13.6. The number of aromatic hydroxyl groups is 2. The summed E-state index contributed by atoms with van der Waals surface area (Å²) >= 11 is 0. The second-order valence-corrected chi connectivity index (χ2v) is 11.7. The standard InChI is InChI=1S/C26H40N2O4S/c1-6-7-8-9-20-17-23(29)24(22-16-19(4)10-11-21(22)18(2)3)25(30)26(20)33(31,32)28-14-12-27(5)13-15-28/h16-17,21-22,29-30H,2,6-15H2,1,3-5H3. The molecule has 0 saturated carbocycles. The quantitative estimate of drug-likeness (QED) is 0.417. The summed E-state index contributed by atoms with van der Waals surface area (Å²) in [5.41, 5.74) is 2.96. The molecule has 1 fully saturated rings. The number of phenolic OH excluding ortho intramolecular Hbond substituents is 2. The van der Waals surface area contributed by atoms with Crippen molar-refractivity contribution in [1.82, 2.24) is 9.21 Å². The summed E-state index contributed by atoms with van der Waals surface area (Å²) in [6, 6.07) is 1.58. The first-order chi connectivity index (χ1) is 15.6. The maximum absolute atomic E-state index is 13.8. The molecule has 1 aromatic carbocycles. The van der Waals surface area contributed by atoms with Gasteiger partial charge in [-0.2, -0.15) is 4.31 Å². The van der Waals surface area contributed by atoms with Gasteiger partial charge in [0.15, 0.2) is 0 Å². The highest BCUT2D eigenvalue weighted by Crippen LogP contribution is 2.49. The fraction of sp³-hybridized carbons (Fsp3) is 0.615. The third kappa shape index (κ3) is 5.47. The van der Waals surface area contributed by atoms with Gasteiger partial charge in [-0.3, -0.25) is 0 Å². The van der Waals surface area contributed by atoms with E-state index in [0.29, 0.717) is 43.7 Å². The zero-order valence-electron chi connectivity index (χ0n) is 20.6. The number of rotatable bonds is 8. The predicted molar refractivity (Wildman–Crippen MR) is 133 cm³/mol. The second-order valence-electron chi connectivity index (χ2n) is 9.84. The predicted octanol–water partition coefficient (Wildman–Crippen LogP) is 4.78. The van der Waals surface area contributed by atoms with Gasteiger partial charge in [-0.05, 0) is 64.1 Å². The van der Waals surface area contributed by atoms with Crippen LogP contribution in [0.25, 0.3) is 0 Å². The minimum atomic E-state index is -3.91. The van der Waals surface area contributed by atoms with Gasteiger partial charge in [0, 0.05) is 37.7 Å². The largest absolute Gasteiger partial charge is 0.507 e. The van der Waals surface area contributed by atoms with Gasteiger partial charge in [-0.15, -0.1) is 0 Å². The van der Waals surface area contributed by atoms with Crippen molar-refractivity contribution in [3.63, 3.8) is 0 Å². The van der Waals surface area contributed by atoms with Gasteiger partial charge in [0.05, 0.1) is 0 Å².